The summed E-state index contributed by atoms with van der Waals surface area (Å²) in [5.41, 5.74) is 2.27. The van der Waals surface area contributed by atoms with Crippen molar-refractivity contribution in [3.8, 4) is 5.75 Å². The van der Waals surface area contributed by atoms with Gasteiger partial charge in [0.15, 0.2) is 0 Å². The van der Waals surface area contributed by atoms with Gasteiger partial charge >= 0.3 is 0 Å². The molecule has 2 heterocycles. The van der Waals surface area contributed by atoms with Crippen molar-refractivity contribution in [3.05, 3.63) is 27.7 Å². The molecule has 1 atom stereocenters. The maximum atomic E-state index is 12.0. The molecular formula is C14H17BrN2O2. The van der Waals surface area contributed by atoms with Gasteiger partial charge < -0.3 is 15.4 Å². The predicted octanol–water partition coefficient (Wildman–Crippen LogP) is 1.75. The summed E-state index contributed by atoms with van der Waals surface area (Å²) in [6.45, 7) is 2.20. The Labute approximate surface area is 121 Å². The molecule has 3 rings (SSSR count). The maximum Gasteiger partial charge on any atom is 0.237 e. The van der Waals surface area contributed by atoms with Gasteiger partial charge in [-0.2, -0.15) is 0 Å². The lowest BCUT2D eigenvalue weighted by Crippen LogP contribution is -2.40. The predicted molar refractivity (Wildman–Crippen MR) is 76.2 cm³/mol. The molecule has 0 bridgehead atoms. The number of carbonyl (C=O) groups is 1. The van der Waals surface area contributed by atoms with Crippen LogP contribution in [0.3, 0.4) is 0 Å². The Morgan fingerprint density at radius 3 is 3.21 bits per heavy atom. The highest BCUT2D eigenvalue weighted by atomic mass is 79.9. The zero-order valence-corrected chi connectivity index (χ0v) is 12.3. The number of hydrogen-bond donors (Lipinski definition) is 2. The van der Waals surface area contributed by atoms with Crippen LogP contribution in [0.1, 0.15) is 24.0 Å². The molecule has 0 radical (unpaired) electrons. The summed E-state index contributed by atoms with van der Waals surface area (Å²) in [5, 5.41) is 6.20. The molecule has 1 aromatic carbocycles. The van der Waals surface area contributed by atoms with E-state index in [1.54, 1.807) is 0 Å². The van der Waals surface area contributed by atoms with Crippen LogP contribution in [-0.4, -0.2) is 25.1 Å². The van der Waals surface area contributed by atoms with Crippen LogP contribution in [0.25, 0.3) is 0 Å². The second-order valence-corrected chi connectivity index (χ2v) is 5.93. The standard InChI is InChI=1S/C14H17BrN2O2/c15-11-6-9-3-5-19-13(9)10(7-11)8-17-14(18)12-2-1-4-16-12/h6-7,12,16H,1-5,8H2,(H,17,18)/t12-/m0/s1. The third kappa shape index (κ3) is 2.77. The van der Waals surface area contributed by atoms with E-state index in [0.717, 1.165) is 48.2 Å². The quantitative estimate of drug-likeness (QED) is 0.890. The molecule has 102 valence electrons. The van der Waals surface area contributed by atoms with E-state index in [2.05, 4.69) is 32.6 Å². The molecule has 19 heavy (non-hydrogen) atoms. The molecule has 0 spiro atoms. The lowest BCUT2D eigenvalue weighted by atomic mass is 10.1. The number of amides is 1. The van der Waals surface area contributed by atoms with Gasteiger partial charge in [-0.15, -0.1) is 0 Å². The van der Waals surface area contributed by atoms with Crippen molar-refractivity contribution in [1.29, 1.82) is 0 Å². The summed E-state index contributed by atoms with van der Waals surface area (Å²) in [6.07, 6.45) is 2.95. The normalized spacial score (nSPS) is 21.0. The van der Waals surface area contributed by atoms with E-state index in [0.29, 0.717) is 6.54 Å². The lowest BCUT2D eigenvalue weighted by Gasteiger charge is -2.13. The van der Waals surface area contributed by atoms with E-state index in [1.165, 1.54) is 5.56 Å². The average Bonchev–Trinajstić information content (AvgIpc) is 3.05. The van der Waals surface area contributed by atoms with E-state index >= 15 is 0 Å². The second-order valence-electron chi connectivity index (χ2n) is 5.02. The number of halogens is 1. The summed E-state index contributed by atoms with van der Waals surface area (Å²) in [6, 6.07) is 4.08. The summed E-state index contributed by atoms with van der Waals surface area (Å²) >= 11 is 3.51. The first-order chi connectivity index (χ1) is 9.24. The van der Waals surface area contributed by atoms with Gasteiger partial charge in [-0.05, 0) is 37.1 Å². The monoisotopic (exact) mass is 324 g/mol. The summed E-state index contributed by atoms with van der Waals surface area (Å²) in [5.74, 6) is 1.03. The molecule has 1 amide bonds. The van der Waals surface area contributed by atoms with Crippen molar-refractivity contribution in [2.45, 2.75) is 31.8 Å². The fourth-order valence-corrected chi connectivity index (χ4v) is 3.24. The topological polar surface area (TPSA) is 50.4 Å². The van der Waals surface area contributed by atoms with E-state index in [9.17, 15) is 4.79 Å². The van der Waals surface area contributed by atoms with Gasteiger partial charge in [0.2, 0.25) is 5.91 Å². The highest BCUT2D eigenvalue weighted by Crippen LogP contribution is 2.32. The molecule has 0 aromatic heterocycles. The van der Waals surface area contributed by atoms with E-state index in [-0.39, 0.29) is 11.9 Å². The molecule has 2 aliphatic rings. The Morgan fingerprint density at radius 1 is 1.53 bits per heavy atom. The van der Waals surface area contributed by atoms with Crippen LogP contribution in [0.2, 0.25) is 0 Å². The van der Waals surface area contributed by atoms with Crippen molar-refractivity contribution in [1.82, 2.24) is 10.6 Å². The molecule has 1 fully saturated rings. The molecule has 1 saturated heterocycles. The molecule has 5 heteroatoms. The van der Waals surface area contributed by atoms with Crippen molar-refractivity contribution < 1.29 is 9.53 Å². The number of hydrogen-bond acceptors (Lipinski definition) is 3. The highest BCUT2D eigenvalue weighted by molar-refractivity contribution is 9.10. The number of rotatable bonds is 3. The molecule has 0 aliphatic carbocycles. The molecule has 2 N–H and O–H groups in total. The third-order valence-corrected chi connectivity index (χ3v) is 4.11. The Kier molecular flexibility index (Phi) is 3.75. The lowest BCUT2D eigenvalue weighted by molar-refractivity contribution is -0.122. The highest BCUT2D eigenvalue weighted by Gasteiger charge is 2.23. The number of benzene rings is 1. The number of ether oxygens (including phenoxy) is 1. The fraction of sp³-hybridized carbons (Fsp3) is 0.500. The Morgan fingerprint density at radius 2 is 2.42 bits per heavy atom. The SMILES string of the molecule is O=C(NCc1cc(Br)cc2c1OCC2)[C@@H]1CCCN1. The van der Waals surface area contributed by atoms with Crippen LogP contribution in [0, 0.1) is 0 Å². The number of nitrogens with one attached hydrogen (secondary N) is 2. The number of carbonyl (C=O) groups excluding carboxylic acids is 1. The summed E-state index contributed by atoms with van der Waals surface area (Å²) in [4.78, 5) is 12.0. The van der Waals surface area contributed by atoms with Crippen LogP contribution < -0.4 is 15.4 Å². The van der Waals surface area contributed by atoms with E-state index in [4.69, 9.17) is 4.74 Å². The first-order valence-corrected chi connectivity index (χ1v) is 7.48. The minimum absolute atomic E-state index is 0.0267. The molecule has 4 nitrogen and oxygen atoms in total. The van der Waals surface area contributed by atoms with Crippen molar-refractivity contribution in [3.63, 3.8) is 0 Å². The first kappa shape index (κ1) is 12.9. The van der Waals surface area contributed by atoms with Crippen molar-refractivity contribution in [2.24, 2.45) is 0 Å². The van der Waals surface area contributed by atoms with E-state index < -0.39 is 0 Å². The van der Waals surface area contributed by atoms with Crippen molar-refractivity contribution >= 4 is 21.8 Å². The van der Waals surface area contributed by atoms with Gasteiger partial charge in [0.05, 0.1) is 12.6 Å². The van der Waals surface area contributed by atoms with Crippen LogP contribution in [0.15, 0.2) is 16.6 Å². The summed E-state index contributed by atoms with van der Waals surface area (Å²) in [7, 11) is 0. The van der Waals surface area contributed by atoms with Gasteiger partial charge in [-0.25, -0.2) is 0 Å². The number of fused-ring (bicyclic) bond motifs is 1. The van der Waals surface area contributed by atoms with Gasteiger partial charge in [-0.1, -0.05) is 15.9 Å². The van der Waals surface area contributed by atoms with Crippen LogP contribution in [-0.2, 0) is 17.8 Å². The second kappa shape index (κ2) is 5.51. The molecule has 0 saturated carbocycles. The van der Waals surface area contributed by atoms with Gasteiger partial charge in [0.25, 0.3) is 0 Å². The largest absolute Gasteiger partial charge is 0.493 e. The van der Waals surface area contributed by atoms with Gasteiger partial charge in [0.1, 0.15) is 5.75 Å². The maximum absolute atomic E-state index is 12.0. The zero-order chi connectivity index (χ0) is 13.2. The molecule has 1 aromatic rings. The Hall–Kier alpha value is -1.07. The van der Waals surface area contributed by atoms with Crippen molar-refractivity contribution in [2.75, 3.05) is 13.2 Å². The van der Waals surface area contributed by atoms with E-state index in [1.807, 2.05) is 6.07 Å². The third-order valence-electron chi connectivity index (χ3n) is 3.66. The molecule has 2 aliphatic heterocycles. The zero-order valence-electron chi connectivity index (χ0n) is 10.7. The van der Waals surface area contributed by atoms with Crippen LogP contribution in [0.5, 0.6) is 5.75 Å². The van der Waals surface area contributed by atoms with Gasteiger partial charge in [-0.3, -0.25) is 4.79 Å². The smallest absolute Gasteiger partial charge is 0.237 e. The Balaban J connectivity index is 1.68. The van der Waals surface area contributed by atoms with Gasteiger partial charge in [0, 0.05) is 23.0 Å². The fourth-order valence-electron chi connectivity index (χ4n) is 2.69. The minimum Gasteiger partial charge on any atom is -0.493 e. The average molecular weight is 325 g/mol. The Bertz CT molecular complexity index is 498. The van der Waals surface area contributed by atoms with Crippen LogP contribution >= 0.6 is 15.9 Å². The molecular weight excluding hydrogens is 308 g/mol. The first-order valence-electron chi connectivity index (χ1n) is 6.69. The molecule has 0 unspecified atom stereocenters. The summed E-state index contributed by atoms with van der Waals surface area (Å²) < 4.78 is 6.70. The minimum atomic E-state index is -0.0267. The van der Waals surface area contributed by atoms with Crippen LogP contribution in [0.4, 0.5) is 0 Å².